The van der Waals surface area contributed by atoms with Crippen molar-refractivity contribution in [3.63, 3.8) is 0 Å². The predicted octanol–water partition coefficient (Wildman–Crippen LogP) is 3.00. The van der Waals surface area contributed by atoms with Gasteiger partial charge < -0.3 is 10.4 Å². The summed E-state index contributed by atoms with van der Waals surface area (Å²) in [6, 6.07) is 7.12. The maximum absolute atomic E-state index is 13.2. The Hall–Kier alpha value is -2.96. The number of carbonyl (C=O) groups is 1. The van der Waals surface area contributed by atoms with Gasteiger partial charge in [0.1, 0.15) is 17.1 Å². The Balaban J connectivity index is 2.39. The Morgan fingerprint density at radius 2 is 2.05 bits per heavy atom. The van der Waals surface area contributed by atoms with Crippen LogP contribution in [0.25, 0.3) is 0 Å². The van der Waals surface area contributed by atoms with Crippen molar-refractivity contribution in [1.29, 1.82) is 0 Å². The molecule has 108 valence electrons. The fourth-order valence-electron chi connectivity index (χ4n) is 1.80. The highest BCUT2D eigenvalue weighted by Gasteiger charge is 2.21. The second kappa shape index (κ2) is 5.58. The lowest BCUT2D eigenvalue weighted by atomic mass is 10.1. The number of hydrogen-bond donors (Lipinski definition) is 2. The molecule has 0 aliphatic heterocycles. The van der Waals surface area contributed by atoms with Gasteiger partial charge in [-0.1, -0.05) is 6.07 Å². The van der Waals surface area contributed by atoms with Crippen LogP contribution in [-0.2, 0) is 0 Å². The van der Waals surface area contributed by atoms with Crippen LogP contribution in [0.2, 0.25) is 0 Å². The van der Waals surface area contributed by atoms with Gasteiger partial charge in [-0.2, -0.15) is 0 Å². The lowest BCUT2D eigenvalue weighted by Gasteiger charge is -2.09. The maximum atomic E-state index is 13.2. The van der Waals surface area contributed by atoms with Crippen molar-refractivity contribution in [3.05, 3.63) is 63.5 Å². The lowest BCUT2D eigenvalue weighted by Crippen LogP contribution is -2.15. The van der Waals surface area contributed by atoms with E-state index < -0.39 is 22.3 Å². The number of carbonyl (C=O) groups excluding carboxylic acids is 1. The third-order valence-corrected chi connectivity index (χ3v) is 2.95. The Labute approximate surface area is 119 Å². The number of halogens is 1. The molecule has 0 heterocycles. The predicted molar refractivity (Wildman–Crippen MR) is 73.9 cm³/mol. The summed E-state index contributed by atoms with van der Waals surface area (Å²) < 4.78 is 13.2. The number of anilines is 1. The summed E-state index contributed by atoms with van der Waals surface area (Å²) >= 11 is 0. The summed E-state index contributed by atoms with van der Waals surface area (Å²) in [6.07, 6.45) is 0. The van der Waals surface area contributed by atoms with Crippen molar-refractivity contribution in [2.45, 2.75) is 6.92 Å². The number of amides is 1. The summed E-state index contributed by atoms with van der Waals surface area (Å²) in [7, 11) is 0. The molecule has 0 saturated heterocycles. The number of hydrogen-bond acceptors (Lipinski definition) is 4. The number of benzene rings is 2. The second-order valence-electron chi connectivity index (χ2n) is 4.32. The molecule has 0 unspecified atom stereocenters. The Morgan fingerprint density at radius 3 is 2.71 bits per heavy atom. The molecule has 0 aliphatic rings. The molecule has 0 fully saturated rings. The highest BCUT2D eigenvalue weighted by Crippen LogP contribution is 2.26. The van der Waals surface area contributed by atoms with Gasteiger partial charge in [0.25, 0.3) is 11.6 Å². The second-order valence-corrected chi connectivity index (χ2v) is 4.32. The van der Waals surface area contributed by atoms with Crippen molar-refractivity contribution in [1.82, 2.24) is 0 Å². The van der Waals surface area contributed by atoms with Gasteiger partial charge in [0.05, 0.1) is 4.92 Å². The van der Waals surface area contributed by atoms with Gasteiger partial charge in [-0.3, -0.25) is 14.9 Å². The van der Waals surface area contributed by atoms with Gasteiger partial charge in [0.2, 0.25) is 0 Å². The number of phenols is 1. The average molecular weight is 290 g/mol. The van der Waals surface area contributed by atoms with Crippen molar-refractivity contribution >= 4 is 17.3 Å². The number of aromatic hydroxyl groups is 1. The fourth-order valence-corrected chi connectivity index (χ4v) is 1.80. The molecule has 2 rings (SSSR count). The zero-order valence-corrected chi connectivity index (χ0v) is 11.0. The monoisotopic (exact) mass is 290 g/mol. The molecule has 0 bridgehead atoms. The van der Waals surface area contributed by atoms with Crippen molar-refractivity contribution < 1.29 is 19.2 Å². The SMILES string of the molecule is Cc1c(O)cccc1NC(=O)c1cc(F)ccc1[N+](=O)[O-]. The van der Waals surface area contributed by atoms with Crippen LogP contribution in [0.5, 0.6) is 5.75 Å². The molecule has 0 atom stereocenters. The zero-order valence-electron chi connectivity index (χ0n) is 11.0. The van der Waals surface area contributed by atoms with Crippen LogP contribution in [0.4, 0.5) is 15.8 Å². The molecule has 1 amide bonds. The van der Waals surface area contributed by atoms with Crippen LogP contribution in [-0.4, -0.2) is 15.9 Å². The number of nitrogens with zero attached hydrogens (tertiary/aromatic N) is 1. The van der Waals surface area contributed by atoms with Crippen LogP contribution in [0.1, 0.15) is 15.9 Å². The molecular weight excluding hydrogens is 279 g/mol. The van der Waals surface area contributed by atoms with Gasteiger partial charge in [0, 0.05) is 17.3 Å². The van der Waals surface area contributed by atoms with Gasteiger partial charge in [-0.15, -0.1) is 0 Å². The van der Waals surface area contributed by atoms with Crippen LogP contribution in [0, 0.1) is 22.9 Å². The van der Waals surface area contributed by atoms with E-state index >= 15 is 0 Å². The van der Waals surface area contributed by atoms with E-state index in [1.807, 2.05) is 0 Å². The van der Waals surface area contributed by atoms with Crippen LogP contribution < -0.4 is 5.32 Å². The first-order valence-corrected chi connectivity index (χ1v) is 5.94. The molecule has 0 saturated carbocycles. The fraction of sp³-hybridized carbons (Fsp3) is 0.0714. The Kier molecular flexibility index (Phi) is 3.84. The number of nitrogens with one attached hydrogen (secondary N) is 1. The van der Waals surface area contributed by atoms with E-state index in [2.05, 4.69) is 5.32 Å². The molecule has 0 aromatic heterocycles. The van der Waals surface area contributed by atoms with Crippen LogP contribution >= 0.6 is 0 Å². The summed E-state index contributed by atoms with van der Waals surface area (Å²) in [6.45, 7) is 1.57. The average Bonchev–Trinajstić information content (AvgIpc) is 2.43. The Bertz CT molecular complexity index is 731. The maximum Gasteiger partial charge on any atom is 0.282 e. The topological polar surface area (TPSA) is 92.5 Å². The normalized spacial score (nSPS) is 10.2. The number of nitro benzene ring substituents is 1. The first kappa shape index (κ1) is 14.4. The molecule has 0 spiro atoms. The summed E-state index contributed by atoms with van der Waals surface area (Å²) in [5.41, 5.74) is -0.182. The van der Waals surface area contributed by atoms with E-state index in [9.17, 15) is 24.4 Å². The minimum Gasteiger partial charge on any atom is -0.508 e. The Morgan fingerprint density at radius 1 is 1.33 bits per heavy atom. The van der Waals surface area contributed by atoms with E-state index in [4.69, 9.17) is 0 Å². The zero-order chi connectivity index (χ0) is 15.6. The van der Waals surface area contributed by atoms with Crippen LogP contribution in [0.3, 0.4) is 0 Å². The summed E-state index contributed by atoms with van der Waals surface area (Å²) in [5, 5.41) is 22.8. The minimum absolute atomic E-state index is 0.0264. The van der Waals surface area contributed by atoms with Crippen molar-refractivity contribution in [3.8, 4) is 5.75 Å². The summed E-state index contributed by atoms with van der Waals surface area (Å²) in [5.74, 6) is -1.60. The third-order valence-electron chi connectivity index (χ3n) is 2.95. The highest BCUT2D eigenvalue weighted by molar-refractivity contribution is 6.07. The van der Waals surface area contributed by atoms with Gasteiger partial charge >= 0.3 is 0 Å². The van der Waals surface area contributed by atoms with E-state index in [0.29, 0.717) is 11.3 Å². The highest BCUT2D eigenvalue weighted by atomic mass is 19.1. The number of rotatable bonds is 3. The molecule has 0 radical (unpaired) electrons. The largest absolute Gasteiger partial charge is 0.508 e. The van der Waals surface area contributed by atoms with Crippen LogP contribution in [0.15, 0.2) is 36.4 Å². The lowest BCUT2D eigenvalue weighted by molar-refractivity contribution is -0.385. The quantitative estimate of drug-likeness (QED) is 0.671. The summed E-state index contributed by atoms with van der Waals surface area (Å²) in [4.78, 5) is 22.2. The molecule has 0 aliphatic carbocycles. The van der Waals surface area contributed by atoms with E-state index in [0.717, 1.165) is 18.2 Å². The van der Waals surface area contributed by atoms with E-state index in [1.54, 1.807) is 6.92 Å². The van der Waals surface area contributed by atoms with E-state index in [1.165, 1.54) is 18.2 Å². The molecule has 6 nitrogen and oxygen atoms in total. The minimum atomic E-state index is -0.824. The standard InChI is InChI=1S/C14H11FN2O4/c1-8-11(3-2-4-13(8)18)16-14(19)10-7-9(15)5-6-12(10)17(20)21/h2-7,18H,1H3,(H,16,19). The first-order chi connectivity index (χ1) is 9.90. The molecule has 21 heavy (non-hydrogen) atoms. The number of phenolic OH excluding ortho intramolecular Hbond substituents is 1. The molecule has 2 aromatic carbocycles. The molecule has 2 aromatic rings. The molecule has 2 N–H and O–H groups in total. The number of nitro groups is 1. The third kappa shape index (κ3) is 2.97. The van der Waals surface area contributed by atoms with Gasteiger partial charge in [-0.05, 0) is 31.2 Å². The van der Waals surface area contributed by atoms with Crippen molar-refractivity contribution in [2.24, 2.45) is 0 Å². The van der Waals surface area contributed by atoms with Gasteiger partial charge in [0.15, 0.2) is 0 Å². The first-order valence-electron chi connectivity index (χ1n) is 5.94. The van der Waals surface area contributed by atoms with E-state index in [-0.39, 0.29) is 11.3 Å². The van der Waals surface area contributed by atoms with Crippen molar-refractivity contribution in [2.75, 3.05) is 5.32 Å². The smallest absolute Gasteiger partial charge is 0.282 e. The molecular formula is C14H11FN2O4. The van der Waals surface area contributed by atoms with Gasteiger partial charge in [-0.25, -0.2) is 4.39 Å². The molecule has 7 heteroatoms.